The standard InChI is InChI=1S/C19H25ClN2O3S/c1-11(2)25-17-10-16-13(9-15(17)20)8-14(18(21-16)24-7)12(3)22-26(23)19(4,5)6/h8-11H,1-7H3/p+1/b22-12+. The summed E-state index contributed by atoms with van der Waals surface area (Å²) in [5.74, 6) is 1.15. The Labute approximate surface area is 162 Å². The molecule has 0 bridgehead atoms. The first-order valence-electron chi connectivity index (χ1n) is 8.40. The lowest BCUT2D eigenvalue weighted by Crippen LogP contribution is -2.21. The molecule has 26 heavy (non-hydrogen) atoms. The lowest BCUT2D eigenvalue weighted by Gasteiger charge is -2.14. The van der Waals surface area contributed by atoms with Gasteiger partial charge in [0.05, 0.1) is 34.8 Å². The van der Waals surface area contributed by atoms with E-state index in [4.69, 9.17) is 21.1 Å². The number of H-pyrrole nitrogens is 1. The number of ether oxygens (including phenoxy) is 2. The van der Waals surface area contributed by atoms with E-state index in [2.05, 4.69) is 9.38 Å². The lowest BCUT2D eigenvalue weighted by molar-refractivity contribution is -0.361. The normalized spacial score (nSPS) is 14.0. The fourth-order valence-corrected chi connectivity index (χ4v) is 3.13. The summed E-state index contributed by atoms with van der Waals surface area (Å²) in [5.41, 5.74) is 2.20. The molecule has 1 aromatic heterocycles. The van der Waals surface area contributed by atoms with E-state index in [1.807, 2.05) is 59.7 Å². The van der Waals surface area contributed by atoms with Crippen molar-refractivity contribution in [1.29, 1.82) is 0 Å². The summed E-state index contributed by atoms with van der Waals surface area (Å²) in [6.45, 7) is 11.4. The molecule has 0 aliphatic carbocycles. The largest absolute Gasteiger partial charge is 0.489 e. The molecule has 1 aromatic carbocycles. The van der Waals surface area contributed by atoms with Gasteiger partial charge in [0, 0.05) is 5.39 Å². The molecule has 0 radical (unpaired) electrons. The molecule has 1 heterocycles. The molecule has 5 nitrogen and oxygen atoms in total. The van der Waals surface area contributed by atoms with Gasteiger partial charge in [-0.15, -0.1) is 0 Å². The first-order chi connectivity index (χ1) is 12.0. The summed E-state index contributed by atoms with van der Waals surface area (Å²) in [4.78, 5) is 3.24. The maximum Gasteiger partial charge on any atom is 0.375 e. The molecule has 0 amide bonds. The minimum atomic E-state index is -1.35. The molecule has 7 heteroatoms. The van der Waals surface area contributed by atoms with Gasteiger partial charge in [-0.25, -0.2) is 4.21 Å². The zero-order valence-electron chi connectivity index (χ0n) is 16.3. The van der Waals surface area contributed by atoms with Crippen LogP contribution in [0.25, 0.3) is 10.9 Å². The van der Waals surface area contributed by atoms with Gasteiger partial charge in [-0.3, -0.25) is 0 Å². The molecular weight excluding hydrogens is 372 g/mol. The quantitative estimate of drug-likeness (QED) is 0.703. The summed E-state index contributed by atoms with van der Waals surface area (Å²) in [6, 6.07) is 5.61. The SMILES string of the molecule is COc1[nH+]c2cc(OC(C)C)c(Cl)cc2cc1/C(C)=N/S(=O)C(C)(C)C. The average molecular weight is 398 g/mol. The van der Waals surface area contributed by atoms with Crippen molar-refractivity contribution in [3.8, 4) is 11.6 Å². The highest BCUT2D eigenvalue weighted by atomic mass is 35.5. The number of aromatic nitrogens is 1. The van der Waals surface area contributed by atoms with Gasteiger partial charge in [0.15, 0.2) is 0 Å². The number of hydrogen-bond donors (Lipinski definition) is 0. The van der Waals surface area contributed by atoms with E-state index in [0.29, 0.717) is 22.4 Å². The van der Waals surface area contributed by atoms with Crippen molar-refractivity contribution in [3.63, 3.8) is 0 Å². The van der Waals surface area contributed by atoms with Crippen molar-refractivity contribution >= 4 is 39.2 Å². The van der Waals surface area contributed by atoms with Crippen molar-refractivity contribution in [1.82, 2.24) is 0 Å². The second kappa shape index (κ2) is 7.92. The van der Waals surface area contributed by atoms with Crippen LogP contribution < -0.4 is 14.5 Å². The van der Waals surface area contributed by atoms with E-state index in [1.54, 1.807) is 7.11 Å². The van der Waals surface area contributed by atoms with Crippen LogP contribution in [0.15, 0.2) is 22.6 Å². The number of halogens is 1. The van der Waals surface area contributed by atoms with E-state index in [1.165, 1.54) is 0 Å². The highest BCUT2D eigenvalue weighted by Gasteiger charge is 2.23. The molecule has 1 atom stereocenters. The lowest BCUT2D eigenvalue weighted by atomic mass is 10.1. The van der Waals surface area contributed by atoms with Gasteiger partial charge in [0.25, 0.3) is 0 Å². The molecular formula is C19H26ClN2O3S+. The Bertz CT molecular complexity index is 873. The monoisotopic (exact) mass is 397 g/mol. The van der Waals surface area contributed by atoms with E-state index in [0.717, 1.165) is 16.5 Å². The van der Waals surface area contributed by atoms with Crippen LogP contribution in [0.4, 0.5) is 0 Å². The molecule has 0 fully saturated rings. The Morgan fingerprint density at radius 3 is 2.46 bits per heavy atom. The van der Waals surface area contributed by atoms with E-state index in [9.17, 15) is 4.21 Å². The van der Waals surface area contributed by atoms with Crippen LogP contribution in [0.2, 0.25) is 5.02 Å². The van der Waals surface area contributed by atoms with Crippen LogP contribution >= 0.6 is 11.6 Å². The number of benzene rings is 1. The molecule has 0 aliphatic rings. The summed E-state index contributed by atoms with van der Waals surface area (Å²) < 4.78 is 27.5. The number of aromatic amines is 1. The molecule has 1 unspecified atom stereocenters. The summed E-state index contributed by atoms with van der Waals surface area (Å²) >= 11 is 6.35. The van der Waals surface area contributed by atoms with Crippen LogP contribution in [0.1, 0.15) is 47.1 Å². The van der Waals surface area contributed by atoms with Crippen LogP contribution in [-0.2, 0) is 11.0 Å². The van der Waals surface area contributed by atoms with Crippen molar-refractivity contribution in [2.24, 2.45) is 4.40 Å². The topological polar surface area (TPSA) is 62.0 Å². The van der Waals surface area contributed by atoms with Crippen molar-refractivity contribution in [2.75, 3.05) is 7.11 Å². The van der Waals surface area contributed by atoms with Gasteiger partial charge in [0.2, 0.25) is 5.52 Å². The van der Waals surface area contributed by atoms with Crippen molar-refractivity contribution in [2.45, 2.75) is 52.4 Å². The molecule has 0 saturated heterocycles. The third-order valence-corrected chi connectivity index (χ3v) is 5.38. The zero-order valence-corrected chi connectivity index (χ0v) is 17.8. The van der Waals surface area contributed by atoms with Gasteiger partial charge in [-0.1, -0.05) is 11.6 Å². The predicted molar refractivity (Wildman–Crippen MR) is 108 cm³/mol. The molecule has 2 rings (SSSR count). The second-order valence-electron chi connectivity index (χ2n) is 7.29. The number of fused-ring (bicyclic) bond motifs is 1. The molecule has 0 spiro atoms. The zero-order chi connectivity index (χ0) is 19.6. The Kier molecular flexibility index (Phi) is 6.29. The predicted octanol–water partition coefficient (Wildman–Crippen LogP) is 4.37. The fraction of sp³-hybridized carbons (Fsp3) is 0.474. The third-order valence-electron chi connectivity index (χ3n) is 3.60. The summed E-state index contributed by atoms with van der Waals surface area (Å²) in [6.07, 6.45) is 0.0212. The van der Waals surface area contributed by atoms with Gasteiger partial charge >= 0.3 is 5.88 Å². The fourth-order valence-electron chi connectivity index (χ4n) is 2.29. The van der Waals surface area contributed by atoms with Crippen LogP contribution in [-0.4, -0.2) is 27.9 Å². The van der Waals surface area contributed by atoms with Gasteiger partial charge in [0.1, 0.15) is 22.3 Å². The smallest absolute Gasteiger partial charge is 0.375 e. The molecule has 0 saturated carbocycles. The summed E-state index contributed by atoms with van der Waals surface area (Å²) in [7, 11) is 0.226. The number of nitrogens with zero attached hydrogens (tertiary/aromatic N) is 1. The van der Waals surface area contributed by atoms with Gasteiger partial charge < -0.3 is 9.47 Å². The van der Waals surface area contributed by atoms with E-state index < -0.39 is 15.7 Å². The third kappa shape index (κ3) is 4.74. The number of methoxy groups -OCH3 is 1. The first-order valence-corrected chi connectivity index (χ1v) is 9.89. The highest BCUT2D eigenvalue weighted by Crippen LogP contribution is 2.31. The highest BCUT2D eigenvalue weighted by molar-refractivity contribution is 7.85. The second-order valence-corrected chi connectivity index (χ2v) is 9.60. The molecule has 142 valence electrons. The minimum Gasteiger partial charge on any atom is -0.489 e. The Morgan fingerprint density at radius 2 is 1.92 bits per heavy atom. The molecule has 0 aliphatic heterocycles. The van der Waals surface area contributed by atoms with Crippen LogP contribution in [0.3, 0.4) is 0 Å². The maximum atomic E-state index is 12.3. The average Bonchev–Trinajstić information content (AvgIpc) is 2.53. The molecule has 1 N–H and O–H groups in total. The number of hydrogen-bond acceptors (Lipinski definition) is 3. The number of pyridine rings is 1. The van der Waals surface area contributed by atoms with Crippen molar-refractivity contribution in [3.05, 3.63) is 28.8 Å². The minimum absolute atomic E-state index is 0.0212. The number of nitrogens with one attached hydrogen (secondary N) is 1. The molecule has 2 aromatic rings. The first kappa shape index (κ1) is 20.6. The Hall–Kier alpha value is -1.66. The van der Waals surface area contributed by atoms with Crippen molar-refractivity contribution < 1.29 is 18.7 Å². The summed E-state index contributed by atoms with van der Waals surface area (Å²) in [5, 5.41) is 1.42. The van der Waals surface area contributed by atoms with E-state index >= 15 is 0 Å². The number of rotatable bonds is 5. The van der Waals surface area contributed by atoms with Gasteiger partial charge in [-0.2, -0.15) is 9.38 Å². The maximum absolute atomic E-state index is 12.3. The van der Waals surface area contributed by atoms with Crippen LogP contribution in [0.5, 0.6) is 11.6 Å². The van der Waals surface area contributed by atoms with E-state index in [-0.39, 0.29) is 6.10 Å². The Morgan fingerprint density at radius 1 is 1.27 bits per heavy atom. The van der Waals surface area contributed by atoms with Crippen LogP contribution in [0, 0.1) is 0 Å². The van der Waals surface area contributed by atoms with Gasteiger partial charge in [-0.05, 0) is 53.7 Å². The Balaban J connectivity index is 2.58.